The maximum atomic E-state index is 5.71. The number of nitrogens with one attached hydrogen (secondary N) is 1. The van der Waals surface area contributed by atoms with Crippen LogP contribution < -0.4 is 5.32 Å². The van der Waals surface area contributed by atoms with Crippen LogP contribution in [0.3, 0.4) is 0 Å². The van der Waals surface area contributed by atoms with Gasteiger partial charge < -0.3 is 14.5 Å². The molecule has 0 unspecified atom stereocenters. The lowest BCUT2D eigenvalue weighted by atomic mass is 10.1. The summed E-state index contributed by atoms with van der Waals surface area (Å²) in [4.78, 5) is 0. The molecule has 1 aromatic rings. The van der Waals surface area contributed by atoms with Crippen molar-refractivity contribution in [1.82, 2.24) is 5.32 Å². The minimum Gasteiger partial charge on any atom is -0.468 e. The fraction of sp³-hybridized carbons (Fsp3) is 0.733. The normalized spacial score (nSPS) is 16.2. The largest absolute Gasteiger partial charge is 0.468 e. The van der Waals surface area contributed by atoms with Crippen molar-refractivity contribution in [2.24, 2.45) is 5.92 Å². The summed E-state index contributed by atoms with van der Waals surface area (Å²) in [5, 5.41) is 3.43. The second kappa shape index (κ2) is 5.89. The summed E-state index contributed by atoms with van der Waals surface area (Å²) in [7, 11) is 0. The number of rotatable bonds is 7. The van der Waals surface area contributed by atoms with Crippen LogP contribution in [0.4, 0.5) is 0 Å². The van der Waals surface area contributed by atoms with Gasteiger partial charge in [-0.15, -0.1) is 0 Å². The van der Waals surface area contributed by atoms with Crippen molar-refractivity contribution in [3.05, 3.63) is 23.7 Å². The molecule has 102 valence electrons. The first kappa shape index (κ1) is 13.6. The average Bonchev–Trinajstić information content (AvgIpc) is 3.00. The van der Waals surface area contributed by atoms with Gasteiger partial charge in [0, 0.05) is 17.7 Å². The van der Waals surface area contributed by atoms with Crippen LogP contribution in [0.5, 0.6) is 0 Å². The third-order valence-electron chi connectivity index (χ3n) is 3.24. The van der Waals surface area contributed by atoms with E-state index in [0.29, 0.717) is 6.61 Å². The molecule has 3 nitrogen and oxygen atoms in total. The van der Waals surface area contributed by atoms with Crippen LogP contribution in [0.15, 0.2) is 16.7 Å². The first-order valence-electron chi connectivity index (χ1n) is 6.92. The Morgan fingerprint density at radius 3 is 2.83 bits per heavy atom. The third kappa shape index (κ3) is 4.83. The predicted molar refractivity (Wildman–Crippen MR) is 72.3 cm³/mol. The van der Waals surface area contributed by atoms with Gasteiger partial charge in [0.1, 0.15) is 5.76 Å². The van der Waals surface area contributed by atoms with Crippen LogP contribution in [0.2, 0.25) is 0 Å². The van der Waals surface area contributed by atoms with Crippen LogP contribution in [0, 0.1) is 5.92 Å². The number of hydrogen-bond donors (Lipinski definition) is 1. The monoisotopic (exact) mass is 251 g/mol. The van der Waals surface area contributed by atoms with Crippen molar-refractivity contribution < 1.29 is 9.15 Å². The van der Waals surface area contributed by atoms with Gasteiger partial charge in [0.25, 0.3) is 0 Å². The Labute approximate surface area is 110 Å². The SMILES string of the molecule is CC(C)(C)NCc1occc1COCCC1CC1. The molecule has 0 spiro atoms. The van der Waals surface area contributed by atoms with Gasteiger partial charge in [0.15, 0.2) is 0 Å². The molecule has 0 aliphatic heterocycles. The smallest absolute Gasteiger partial charge is 0.123 e. The fourth-order valence-corrected chi connectivity index (χ4v) is 1.83. The minimum atomic E-state index is 0.108. The summed E-state index contributed by atoms with van der Waals surface area (Å²) in [5.41, 5.74) is 1.28. The Kier molecular flexibility index (Phi) is 4.46. The quantitative estimate of drug-likeness (QED) is 0.753. The molecule has 0 bridgehead atoms. The first-order valence-corrected chi connectivity index (χ1v) is 6.92. The summed E-state index contributed by atoms with van der Waals surface area (Å²) < 4.78 is 11.2. The van der Waals surface area contributed by atoms with Gasteiger partial charge in [-0.2, -0.15) is 0 Å². The maximum absolute atomic E-state index is 5.71. The molecule has 0 saturated heterocycles. The Morgan fingerprint density at radius 2 is 2.17 bits per heavy atom. The molecule has 1 N–H and O–H groups in total. The van der Waals surface area contributed by atoms with E-state index in [2.05, 4.69) is 26.1 Å². The van der Waals surface area contributed by atoms with E-state index in [1.165, 1.54) is 24.8 Å². The van der Waals surface area contributed by atoms with E-state index in [0.717, 1.165) is 24.8 Å². The van der Waals surface area contributed by atoms with Crippen LogP contribution >= 0.6 is 0 Å². The molecule has 0 amide bonds. The molecule has 0 aromatic carbocycles. The Morgan fingerprint density at radius 1 is 1.39 bits per heavy atom. The molecule has 18 heavy (non-hydrogen) atoms. The Hall–Kier alpha value is -0.800. The standard InChI is InChI=1S/C15H25NO2/c1-15(2,3)16-10-14-13(7-9-18-14)11-17-8-6-12-4-5-12/h7,9,12,16H,4-6,8,10-11H2,1-3H3. The molecular weight excluding hydrogens is 226 g/mol. The average molecular weight is 251 g/mol. The highest BCUT2D eigenvalue weighted by molar-refractivity contribution is 5.16. The molecule has 1 heterocycles. The van der Waals surface area contributed by atoms with Crippen molar-refractivity contribution in [3.8, 4) is 0 Å². The van der Waals surface area contributed by atoms with Gasteiger partial charge in [-0.25, -0.2) is 0 Å². The second-order valence-electron chi connectivity index (χ2n) is 6.26. The highest BCUT2D eigenvalue weighted by atomic mass is 16.5. The van der Waals surface area contributed by atoms with Gasteiger partial charge in [0.05, 0.1) is 19.4 Å². The van der Waals surface area contributed by atoms with Crippen LogP contribution in [0.25, 0.3) is 0 Å². The van der Waals surface area contributed by atoms with Crippen molar-refractivity contribution in [3.63, 3.8) is 0 Å². The highest BCUT2D eigenvalue weighted by Gasteiger charge is 2.20. The number of furan rings is 1. The molecule has 1 saturated carbocycles. The number of hydrogen-bond acceptors (Lipinski definition) is 3. The second-order valence-corrected chi connectivity index (χ2v) is 6.26. The zero-order valence-corrected chi connectivity index (χ0v) is 11.8. The van der Waals surface area contributed by atoms with E-state index in [1.54, 1.807) is 6.26 Å². The van der Waals surface area contributed by atoms with E-state index in [9.17, 15) is 0 Å². The first-order chi connectivity index (χ1) is 8.54. The lowest BCUT2D eigenvalue weighted by molar-refractivity contribution is 0.113. The van der Waals surface area contributed by atoms with Gasteiger partial charge in [-0.05, 0) is 39.2 Å². The van der Waals surface area contributed by atoms with E-state index in [4.69, 9.17) is 9.15 Å². The molecule has 2 rings (SSSR count). The molecule has 1 aliphatic carbocycles. The number of ether oxygens (including phenoxy) is 1. The molecular formula is C15H25NO2. The van der Waals surface area contributed by atoms with Gasteiger partial charge >= 0.3 is 0 Å². The highest BCUT2D eigenvalue weighted by Crippen LogP contribution is 2.32. The Bertz CT molecular complexity index is 361. The minimum absolute atomic E-state index is 0.108. The molecule has 3 heteroatoms. The van der Waals surface area contributed by atoms with Gasteiger partial charge in [-0.3, -0.25) is 0 Å². The van der Waals surface area contributed by atoms with E-state index < -0.39 is 0 Å². The summed E-state index contributed by atoms with van der Waals surface area (Å²) in [6, 6.07) is 2.01. The van der Waals surface area contributed by atoms with Crippen molar-refractivity contribution >= 4 is 0 Å². The molecule has 1 aliphatic rings. The van der Waals surface area contributed by atoms with E-state index in [1.807, 2.05) is 6.07 Å². The summed E-state index contributed by atoms with van der Waals surface area (Å²) in [6.07, 6.45) is 5.76. The summed E-state index contributed by atoms with van der Waals surface area (Å²) >= 11 is 0. The topological polar surface area (TPSA) is 34.4 Å². The third-order valence-corrected chi connectivity index (χ3v) is 3.24. The Balaban J connectivity index is 1.72. The maximum Gasteiger partial charge on any atom is 0.123 e. The molecule has 1 aromatic heterocycles. The van der Waals surface area contributed by atoms with Crippen LogP contribution in [0.1, 0.15) is 51.4 Å². The van der Waals surface area contributed by atoms with Crippen LogP contribution in [-0.2, 0) is 17.9 Å². The van der Waals surface area contributed by atoms with Gasteiger partial charge in [-0.1, -0.05) is 12.8 Å². The zero-order chi connectivity index (χ0) is 13.0. The van der Waals surface area contributed by atoms with Crippen molar-refractivity contribution in [1.29, 1.82) is 0 Å². The summed E-state index contributed by atoms with van der Waals surface area (Å²) in [6.45, 7) is 8.77. The van der Waals surface area contributed by atoms with Crippen LogP contribution in [-0.4, -0.2) is 12.1 Å². The fourth-order valence-electron chi connectivity index (χ4n) is 1.83. The van der Waals surface area contributed by atoms with Gasteiger partial charge in [0.2, 0.25) is 0 Å². The van der Waals surface area contributed by atoms with E-state index >= 15 is 0 Å². The lowest BCUT2D eigenvalue weighted by Gasteiger charge is -2.20. The molecule has 0 radical (unpaired) electrons. The summed E-state index contributed by atoms with van der Waals surface area (Å²) in [5.74, 6) is 1.94. The molecule has 0 atom stereocenters. The van der Waals surface area contributed by atoms with Crippen molar-refractivity contribution in [2.75, 3.05) is 6.61 Å². The zero-order valence-electron chi connectivity index (χ0n) is 11.8. The lowest BCUT2D eigenvalue weighted by Crippen LogP contribution is -2.35. The predicted octanol–water partition coefficient (Wildman–Crippen LogP) is 3.48. The molecule has 1 fully saturated rings. The van der Waals surface area contributed by atoms with E-state index in [-0.39, 0.29) is 5.54 Å². The van der Waals surface area contributed by atoms with Crippen molar-refractivity contribution in [2.45, 2.75) is 58.7 Å².